The number of aromatic amines is 1. The van der Waals surface area contributed by atoms with Crippen LogP contribution in [0.15, 0.2) is 46.3 Å². The molecule has 2 N–H and O–H groups in total. The van der Waals surface area contributed by atoms with Crippen LogP contribution in [0.4, 0.5) is 0 Å². The van der Waals surface area contributed by atoms with Crippen LogP contribution in [0.3, 0.4) is 0 Å². The molecule has 0 spiro atoms. The number of hydrogen-bond acceptors (Lipinski definition) is 5. The molecule has 22 heavy (non-hydrogen) atoms. The molecule has 0 atom stereocenters. The number of aromatic hydroxyl groups is 1. The van der Waals surface area contributed by atoms with Crippen molar-refractivity contribution in [3.05, 3.63) is 52.7 Å². The topological polar surface area (TPSA) is 87.6 Å². The van der Waals surface area contributed by atoms with Gasteiger partial charge in [-0.05, 0) is 38.1 Å². The van der Waals surface area contributed by atoms with Gasteiger partial charge >= 0.3 is 5.69 Å². The van der Waals surface area contributed by atoms with E-state index in [1.807, 2.05) is 6.92 Å². The second-order valence-electron chi connectivity index (χ2n) is 4.57. The molecule has 0 aliphatic carbocycles. The predicted octanol–water partition coefficient (Wildman–Crippen LogP) is 2.49. The average molecular weight is 299 g/mol. The fraction of sp³-hybridized carbons (Fsp3) is 0.188. The Morgan fingerprint density at radius 2 is 2.18 bits per heavy atom. The SMILES string of the molecule is C/C=C\N=C(/C)c1cc(-c2ccc(O)c(OC)c2)[nH]c(=O)n1. The average Bonchev–Trinajstić information content (AvgIpc) is 2.52. The van der Waals surface area contributed by atoms with Crippen LogP contribution in [0.5, 0.6) is 11.5 Å². The predicted molar refractivity (Wildman–Crippen MR) is 85.5 cm³/mol. The molecule has 6 nitrogen and oxygen atoms in total. The van der Waals surface area contributed by atoms with E-state index < -0.39 is 5.69 Å². The Balaban J connectivity index is 2.53. The van der Waals surface area contributed by atoms with Crippen molar-refractivity contribution >= 4 is 5.71 Å². The first-order valence-electron chi connectivity index (χ1n) is 6.70. The van der Waals surface area contributed by atoms with E-state index in [1.165, 1.54) is 13.2 Å². The number of aliphatic imine (C=N–C) groups is 1. The van der Waals surface area contributed by atoms with Crippen molar-refractivity contribution in [2.24, 2.45) is 4.99 Å². The lowest BCUT2D eigenvalue weighted by Crippen LogP contribution is -2.15. The highest BCUT2D eigenvalue weighted by atomic mass is 16.5. The number of methoxy groups -OCH3 is 1. The summed E-state index contributed by atoms with van der Waals surface area (Å²) in [6.45, 7) is 3.64. The maximum Gasteiger partial charge on any atom is 0.346 e. The van der Waals surface area contributed by atoms with E-state index in [-0.39, 0.29) is 5.75 Å². The number of hydrogen-bond donors (Lipinski definition) is 2. The van der Waals surface area contributed by atoms with Gasteiger partial charge in [0.1, 0.15) is 0 Å². The van der Waals surface area contributed by atoms with Crippen LogP contribution in [0.1, 0.15) is 19.5 Å². The first kappa shape index (κ1) is 15.5. The van der Waals surface area contributed by atoms with E-state index in [9.17, 15) is 9.90 Å². The second kappa shape index (κ2) is 6.71. The standard InChI is InChI=1S/C16H17N3O3/c1-4-7-17-10(2)12-9-13(19-16(21)18-12)11-5-6-14(20)15(8-11)22-3/h4-9,20H,1-3H3,(H,18,19,21)/b7-4-,17-10+. The van der Waals surface area contributed by atoms with Gasteiger partial charge in [0.15, 0.2) is 11.5 Å². The molecule has 2 aromatic rings. The number of ether oxygens (including phenoxy) is 1. The molecule has 1 heterocycles. The quantitative estimate of drug-likeness (QED) is 0.849. The van der Waals surface area contributed by atoms with Crippen LogP contribution in [0.2, 0.25) is 0 Å². The summed E-state index contributed by atoms with van der Waals surface area (Å²) in [5, 5.41) is 9.64. The number of benzene rings is 1. The summed E-state index contributed by atoms with van der Waals surface area (Å²) < 4.78 is 5.08. The molecular formula is C16H17N3O3. The number of nitrogens with zero attached hydrogens (tertiary/aromatic N) is 2. The summed E-state index contributed by atoms with van der Waals surface area (Å²) in [5.41, 5.74) is 1.94. The summed E-state index contributed by atoms with van der Waals surface area (Å²) >= 11 is 0. The minimum absolute atomic E-state index is 0.0358. The Labute approximate surface area is 127 Å². The number of rotatable bonds is 4. The molecule has 0 unspecified atom stereocenters. The maximum atomic E-state index is 11.8. The van der Waals surface area contributed by atoms with Gasteiger partial charge in [0.05, 0.1) is 24.2 Å². The molecule has 0 amide bonds. The van der Waals surface area contributed by atoms with Crippen LogP contribution in [0.25, 0.3) is 11.3 Å². The van der Waals surface area contributed by atoms with Crippen molar-refractivity contribution in [3.8, 4) is 22.8 Å². The molecule has 0 saturated heterocycles. The van der Waals surface area contributed by atoms with Gasteiger partial charge in [-0.3, -0.25) is 4.99 Å². The molecule has 2 rings (SSSR count). The second-order valence-corrected chi connectivity index (χ2v) is 4.57. The zero-order valence-corrected chi connectivity index (χ0v) is 12.6. The largest absolute Gasteiger partial charge is 0.504 e. The summed E-state index contributed by atoms with van der Waals surface area (Å²) in [6.07, 6.45) is 3.43. The Bertz CT molecular complexity index is 791. The van der Waals surface area contributed by atoms with Crippen LogP contribution in [0, 0.1) is 0 Å². The fourth-order valence-corrected chi connectivity index (χ4v) is 1.90. The van der Waals surface area contributed by atoms with Gasteiger partial charge in [-0.2, -0.15) is 4.98 Å². The summed E-state index contributed by atoms with van der Waals surface area (Å²) in [6, 6.07) is 6.57. The minimum atomic E-state index is -0.463. The van der Waals surface area contributed by atoms with Crippen molar-refractivity contribution in [1.29, 1.82) is 0 Å². The van der Waals surface area contributed by atoms with E-state index in [0.717, 1.165) is 0 Å². The molecule has 0 saturated carbocycles. The van der Waals surface area contributed by atoms with Gasteiger partial charge in [0, 0.05) is 11.8 Å². The molecule has 0 fully saturated rings. The molecule has 0 aliphatic rings. The van der Waals surface area contributed by atoms with Crippen LogP contribution < -0.4 is 10.4 Å². The van der Waals surface area contributed by atoms with Gasteiger partial charge in [0.2, 0.25) is 0 Å². The van der Waals surface area contributed by atoms with E-state index >= 15 is 0 Å². The Morgan fingerprint density at radius 3 is 2.86 bits per heavy atom. The highest BCUT2D eigenvalue weighted by Gasteiger charge is 2.09. The molecule has 0 aliphatic heterocycles. The third kappa shape index (κ3) is 3.41. The van der Waals surface area contributed by atoms with Gasteiger partial charge in [-0.1, -0.05) is 6.08 Å². The zero-order chi connectivity index (χ0) is 16.1. The number of nitrogens with one attached hydrogen (secondary N) is 1. The molecule has 1 aromatic carbocycles. The lowest BCUT2D eigenvalue weighted by atomic mass is 10.1. The van der Waals surface area contributed by atoms with E-state index in [1.54, 1.807) is 37.4 Å². The monoisotopic (exact) mass is 299 g/mol. The van der Waals surface area contributed by atoms with Gasteiger partial charge in [-0.15, -0.1) is 0 Å². The molecule has 114 valence electrons. The molecule has 1 aromatic heterocycles. The molecular weight excluding hydrogens is 282 g/mol. The Hall–Kier alpha value is -2.89. The normalized spacial score (nSPS) is 11.9. The van der Waals surface area contributed by atoms with Gasteiger partial charge in [-0.25, -0.2) is 4.79 Å². The van der Waals surface area contributed by atoms with Crippen LogP contribution in [-0.4, -0.2) is 27.9 Å². The lowest BCUT2D eigenvalue weighted by molar-refractivity contribution is 0.373. The molecule has 0 bridgehead atoms. The fourth-order valence-electron chi connectivity index (χ4n) is 1.90. The number of phenolic OH excluding ortho intramolecular Hbond substituents is 1. The summed E-state index contributed by atoms with van der Waals surface area (Å²) in [5.74, 6) is 0.365. The maximum absolute atomic E-state index is 11.8. The van der Waals surface area contributed by atoms with Crippen molar-refractivity contribution < 1.29 is 9.84 Å². The Kier molecular flexibility index (Phi) is 4.73. The number of H-pyrrole nitrogens is 1. The van der Waals surface area contributed by atoms with Gasteiger partial charge < -0.3 is 14.8 Å². The van der Waals surface area contributed by atoms with Gasteiger partial charge in [0.25, 0.3) is 0 Å². The highest BCUT2D eigenvalue weighted by Crippen LogP contribution is 2.30. The summed E-state index contributed by atoms with van der Waals surface area (Å²) in [4.78, 5) is 22.5. The van der Waals surface area contributed by atoms with Crippen molar-refractivity contribution in [2.75, 3.05) is 7.11 Å². The Morgan fingerprint density at radius 1 is 1.41 bits per heavy atom. The molecule has 0 radical (unpaired) electrons. The number of phenols is 1. The van der Waals surface area contributed by atoms with E-state index in [2.05, 4.69) is 15.0 Å². The minimum Gasteiger partial charge on any atom is -0.504 e. The smallest absolute Gasteiger partial charge is 0.346 e. The van der Waals surface area contributed by atoms with Crippen molar-refractivity contribution in [3.63, 3.8) is 0 Å². The summed E-state index contributed by atoms with van der Waals surface area (Å²) in [7, 11) is 1.47. The highest BCUT2D eigenvalue weighted by molar-refractivity contribution is 5.98. The first-order chi connectivity index (χ1) is 10.5. The number of allylic oxidation sites excluding steroid dienone is 1. The third-order valence-electron chi connectivity index (χ3n) is 3.02. The third-order valence-corrected chi connectivity index (χ3v) is 3.02. The van der Waals surface area contributed by atoms with Crippen LogP contribution in [-0.2, 0) is 0 Å². The van der Waals surface area contributed by atoms with Crippen LogP contribution >= 0.6 is 0 Å². The zero-order valence-electron chi connectivity index (χ0n) is 12.6. The molecule has 6 heteroatoms. The number of aromatic nitrogens is 2. The van der Waals surface area contributed by atoms with E-state index in [4.69, 9.17) is 4.74 Å². The van der Waals surface area contributed by atoms with Crippen molar-refractivity contribution in [2.45, 2.75) is 13.8 Å². The van der Waals surface area contributed by atoms with Crippen molar-refractivity contribution in [1.82, 2.24) is 9.97 Å². The van der Waals surface area contributed by atoms with E-state index in [0.29, 0.717) is 28.4 Å². The lowest BCUT2D eigenvalue weighted by Gasteiger charge is -2.07. The first-order valence-corrected chi connectivity index (χ1v) is 6.70.